The lowest BCUT2D eigenvalue weighted by atomic mass is 10.1. The summed E-state index contributed by atoms with van der Waals surface area (Å²) in [5, 5.41) is 3.83. The van der Waals surface area contributed by atoms with Gasteiger partial charge < -0.3 is 0 Å². The van der Waals surface area contributed by atoms with Crippen molar-refractivity contribution in [3.8, 4) is 0 Å². The number of carbonyl (C=O) groups excluding carboxylic acids is 1. The summed E-state index contributed by atoms with van der Waals surface area (Å²) in [6.07, 6.45) is 4.04. The molecular weight excluding hydrogens is 188 g/mol. The number of hydrogen-bond donors (Lipinski definition) is 1. The minimum Gasteiger partial charge on any atom is -0.273 e. The van der Waals surface area contributed by atoms with E-state index in [0.29, 0.717) is 6.42 Å². The van der Waals surface area contributed by atoms with E-state index >= 15 is 0 Å². The number of benzene rings is 1. The van der Waals surface area contributed by atoms with Crippen LogP contribution in [0.4, 0.5) is 0 Å². The van der Waals surface area contributed by atoms with Gasteiger partial charge in [-0.1, -0.05) is 43.7 Å². The van der Waals surface area contributed by atoms with Crippen molar-refractivity contribution in [2.24, 2.45) is 5.10 Å². The number of carbonyl (C=O) groups is 1. The highest BCUT2D eigenvalue weighted by molar-refractivity contribution is 5.79. The second-order valence-corrected chi connectivity index (χ2v) is 3.30. The lowest BCUT2D eigenvalue weighted by molar-refractivity contribution is -0.120. The molecule has 0 fully saturated rings. The standard InChI is InChI=1S/C12H16N2O/c1-2-3-9-13-14-12(15)10-11-7-5-4-6-8-11/h4-9H,2-3,10H2,1H3,(H,14,15)/b13-9+. The first-order valence-corrected chi connectivity index (χ1v) is 5.17. The number of hydrogen-bond acceptors (Lipinski definition) is 2. The zero-order valence-corrected chi connectivity index (χ0v) is 8.94. The summed E-state index contributed by atoms with van der Waals surface area (Å²) < 4.78 is 0. The van der Waals surface area contributed by atoms with Crippen LogP contribution < -0.4 is 5.43 Å². The molecule has 80 valence electrons. The van der Waals surface area contributed by atoms with Crippen molar-refractivity contribution >= 4 is 12.1 Å². The number of nitrogens with one attached hydrogen (secondary N) is 1. The molecule has 0 aliphatic heterocycles. The molecule has 0 radical (unpaired) electrons. The summed E-state index contributed by atoms with van der Waals surface area (Å²) >= 11 is 0. The van der Waals surface area contributed by atoms with Crippen molar-refractivity contribution in [3.05, 3.63) is 35.9 Å². The Bertz CT molecular complexity index is 320. The van der Waals surface area contributed by atoms with Crippen LogP contribution in [0, 0.1) is 0 Å². The fraction of sp³-hybridized carbons (Fsp3) is 0.333. The Morgan fingerprint density at radius 1 is 1.40 bits per heavy atom. The normalized spacial score (nSPS) is 10.5. The molecule has 1 aromatic carbocycles. The number of unbranched alkanes of at least 4 members (excludes halogenated alkanes) is 1. The van der Waals surface area contributed by atoms with Crippen molar-refractivity contribution in [1.29, 1.82) is 0 Å². The highest BCUT2D eigenvalue weighted by Gasteiger charge is 1.99. The van der Waals surface area contributed by atoms with Crippen molar-refractivity contribution in [3.63, 3.8) is 0 Å². The number of amides is 1. The van der Waals surface area contributed by atoms with Gasteiger partial charge in [0.05, 0.1) is 6.42 Å². The summed E-state index contributed by atoms with van der Waals surface area (Å²) in [6, 6.07) is 9.62. The van der Waals surface area contributed by atoms with Crippen LogP contribution in [-0.2, 0) is 11.2 Å². The summed E-state index contributed by atoms with van der Waals surface area (Å²) in [5.74, 6) is -0.0754. The van der Waals surface area contributed by atoms with Gasteiger partial charge in [-0.2, -0.15) is 5.10 Å². The number of hydrazone groups is 1. The van der Waals surface area contributed by atoms with Crippen molar-refractivity contribution < 1.29 is 4.79 Å². The van der Waals surface area contributed by atoms with Gasteiger partial charge in [0.2, 0.25) is 5.91 Å². The minimum absolute atomic E-state index is 0.0754. The van der Waals surface area contributed by atoms with Crippen molar-refractivity contribution in [2.75, 3.05) is 0 Å². The van der Waals surface area contributed by atoms with Crippen LogP contribution in [0.1, 0.15) is 25.3 Å². The Balaban J connectivity index is 2.31. The Labute approximate surface area is 90.2 Å². The molecule has 1 N–H and O–H groups in total. The molecule has 0 spiro atoms. The topological polar surface area (TPSA) is 41.5 Å². The quantitative estimate of drug-likeness (QED) is 0.579. The second kappa shape index (κ2) is 6.76. The lowest BCUT2D eigenvalue weighted by Crippen LogP contribution is -2.19. The van der Waals surface area contributed by atoms with Crippen LogP contribution in [0.2, 0.25) is 0 Å². The molecule has 0 saturated carbocycles. The fourth-order valence-corrected chi connectivity index (χ4v) is 1.13. The molecule has 0 saturated heterocycles. The third-order valence-electron chi connectivity index (χ3n) is 1.91. The van der Waals surface area contributed by atoms with E-state index in [9.17, 15) is 4.79 Å². The Morgan fingerprint density at radius 3 is 2.80 bits per heavy atom. The predicted octanol–water partition coefficient (Wildman–Crippen LogP) is 2.13. The third kappa shape index (κ3) is 4.96. The Hall–Kier alpha value is -1.64. The molecule has 1 rings (SSSR count). The molecule has 1 aromatic rings. The lowest BCUT2D eigenvalue weighted by Gasteiger charge is -1.99. The van der Waals surface area contributed by atoms with E-state index in [2.05, 4.69) is 17.5 Å². The molecule has 0 aliphatic carbocycles. The molecule has 1 amide bonds. The van der Waals surface area contributed by atoms with E-state index in [1.165, 1.54) is 0 Å². The zero-order valence-electron chi connectivity index (χ0n) is 8.94. The smallest absolute Gasteiger partial charge is 0.244 e. The summed E-state index contributed by atoms with van der Waals surface area (Å²) in [6.45, 7) is 2.07. The maximum absolute atomic E-state index is 11.4. The van der Waals surface area contributed by atoms with E-state index in [1.54, 1.807) is 6.21 Å². The molecule has 0 unspecified atom stereocenters. The maximum atomic E-state index is 11.4. The molecule has 3 heteroatoms. The van der Waals surface area contributed by atoms with Gasteiger partial charge >= 0.3 is 0 Å². The van der Waals surface area contributed by atoms with Crippen molar-refractivity contribution in [2.45, 2.75) is 26.2 Å². The first-order valence-electron chi connectivity index (χ1n) is 5.17. The van der Waals surface area contributed by atoms with Gasteiger partial charge in [-0.3, -0.25) is 4.79 Å². The average molecular weight is 204 g/mol. The van der Waals surface area contributed by atoms with Crippen LogP contribution >= 0.6 is 0 Å². The van der Waals surface area contributed by atoms with Gasteiger partial charge in [0.25, 0.3) is 0 Å². The largest absolute Gasteiger partial charge is 0.273 e. The number of nitrogens with zero attached hydrogens (tertiary/aromatic N) is 1. The van der Waals surface area contributed by atoms with Crippen LogP contribution in [0.5, 0.6) is 0 Å². The maximum Gasteiger partial charge on any atom is 0.244 e. The van der Waals surface area contributed by atoms with E-state index in [4.69, 9.17) is 0 Å². The van der Waals surface area contributed by atoms with Gasteiger partial charge in [-0.15, -0.1) is 0 Å². The zero-order chi connectivity index (χ0) is 10.9. The van der Waals surface area contributed by atoms with Crippen LogP contribution in [0.3, 0.4) is 0 Å². The van der Waals surface area contributed by atoms with Gasteiger partial charge in [-0.05, 0) is 12.0 Å². The Kier molecular flexibility index (Phi) is 5.15. The number of rotatable bonds is 5. The third-order valence-corrected chi connectivity index (χ3v) is 1.91. The molecule has 0 aromatic heterocycles. The van der Waals surface area contributed by atoms with E-state index in [-0.39, 0.29) is 5.91 Å². The summed E-state index contributed by atoms with van der Waals surface area (Å²) in [7, 11) is 0. The van der Waals surface area contributed by atoms with Gasteiger partial charge in [0.1, 0.15) is 0 Å². The molecular formula is C12H16N2O. The molecule has 0 bridgehead atoms. The average Bonchev–Trinajstić information content (AvgIpc) is 2.26. The van der Waals surface area contributed by atoms with Crippen LogP contribution in [-0.4, -0.2) is 12.1 Å². The highest BCUT2D eigenvalue weighted by Crippen LogP contribution is 1.98. The summed E-state index contributed by atoms with van der Waals surface area (Å²) in [5.41, 5.74) is 3.50. The first-order chi connectivity index (χ1) is 7.33. The van der Waals surface area contributed by atoms with E-state index < -0.39 is 0 Å². The molecule has 15 heavy (non-hydrogen) atoms. The van der Waals surface area contributed by atoms with Gasteiger partial charge in [-0.25, -0.2) is 5.43 Å². The first kappa shape index (κ1) is 11.4. The van der Waals surface area contributed by atoms with Gasteiger partial charge in [0.15, 0.2) is 0 Å². The molecule has 0 heterocycles. The molecule has 3 nitrogen and oxygen atoms in total. The van der Waals surface area contributed by atoms with Crippen LogP contribution in [0.15, 0.2) is 35.4 Å². The highest BCUT2D eigenvalue weighted by atomic mass is 16.2. The van der Waals surface area contributed by atoms with E-state index in [0.717, 1.165) is 18.4 Å². The Morgan fingerprint density at radius 2 is 2.13 bits per heavy atom. The molecule has 0 aliphatic rings. The molecule has 0 atom stereocenters. The summed E-state index contributed by atoms with van der Waals surface area (Å²) in [4.78, 5) is 11.4. The SMILES string of the molecule is CCC/C=N/NC(=O)Cc1ccccc1. The van der Waals surface area contributed by atoms with Crippen LogP contribution in [0.25, 0.3) is 0 Å². The fourth-order valence-electron chi connectivity index (χ4n) is 1.13. The van der Waals surface area contributed by atoms with Gasteiger partial charge in [0, 0.05) is 6.21 Å². The monoisotopic (exact) mass is 204 g/mol. The second-order valence-electron chi connectivity index (χ2n) is 3.30. The minimum atomic E-state index is -0.0754. The van der Waals surface area contributed by atoms with Crippen molar-refractivity contribution in [1.82, 2.24) is 5.43 Å². The van der Waals surface area contributed by atoms with E-state index in [1.807, 2.05) is 30.3 Å². The predicted molar refractivity (Wildman–Crippen MR) is 61.7 cm³/mol.